The molecule has 0 atom stereocenters. The van der Waals surface area contributed by atoms with Gasteiger partial charge in [-0.05, 0) is 105 Å². The first-order valence-electron chi connectivity index (χ1n) is 10.1. The SMILES string of the molecule is Cc1ccc(P(c2cc(S(=O)(=O)[O-])c(C)cc2C)c2cc(S(=O)(=O)[O-])c(C)cc2C)c(C)c1.O.[Na+].[Na+]. The normalized spacial score (nSPS) is 11.4. The summed E-state index contributed by atoms with van der Waals surface area (Å²) in [5, 5.41) is 2.13. The first kappa shape index (κ1) is 35.9. The molecule has 0 fully saturated rings. The van der Waals surface area contributed by atoms with Crippen molar-refractivity contribution < 1.29 is 90.5 Å². The molecule has 0 aliphatic carbocycles. The second-order valence-corrected chi connectivity index (χ2v) is 13.2. The molecule has 0 saturated heterocycles. The Labute approximate surface area is 259 Å². The topological polar surface area (TPSA) is 146 Å². The summed E-state index contributed by atoms with van der Waals surface area (Å²) in [6.07, 6.45) is 0. The monoisotopic (exact) mass is 568 g/mol. The molecule has 7 nitrogen and oxygen atoms in total. The molecule has 0 aliphatic rings. The van der Waals surface area contributed by atoms with Crippen molar-refractivity contribution in [2.45, 2.75) is 51.3 Å². The number of aryl methyl sites for hydroxylation is 6. The standard InChI is InChI=1S/C24H27O6PS2.2Na.H2O/c1-14-7-8-20(15(2)9-14)31(21-12-23(32(25,26)27)18(5)10-16(21)3)22-13-24(33(28,29)30)19(6)11-17(22)4;;;/h7-13H,1-6H3,(H,25,26,27)(H,28,29,30);;;1H2/q;2*+1;/p-2. The van der Waals surface area contributed by atoms with Crippen LogP contribution in [0.1, 0.15) is 33.4 Å². The van der Waals surface area contributed by atoms with E-state index in [2.05, 4.69) is 0 Å². The van der Waals surface area contributed by atoms with Crippen LogP contribution in [0.2, 0.25) is 0 Å². The zero-order chi connectivity index (χ0) is 24.9. The van der Waals surface area contributed by atoms with E-state index >= 15 is 0 Å². The summed E-state index contributed by atoms with van der Waals surface area (Å²) >= 11 is 0. The van der Waals surface area contributed by atoms with Crippen LogP contribution < -0.4 is 75.0 Å². The van der Waals surface area contributed by atoms with Gasteiger partial charge in [0.15, 0.2) is 0 Å². The van der Waals surface area contributed by atoms with Gasteiger partial charge >= 0.3 is 59.1 Å². The summed E-state index contributed by atoms with van der Waals surface area (Å²) in [6.45, 7) is 10.7. The zero-order valence-electron chi connectivity index (χ0n) is 21.8. The van der Waals surface area contributed by atoms with E-state index in [0.29, 0.717) is 21.7 Å². The Kier molecular flexibility index (Phi) is 13.2. The molecule has 0 amide bonds. The third kappa shape index (κ3) is 7.72. The fourth-order valence-corrected chi connectivity index (χ4v) is 8.49. The van der Waals surface area contributed by atoms with E-state index in [0.717, 1.165) is 27.6 Å². The van der Waals surface area contributed by atoms with Crippen molar-refractivity contribution in [1.82, 2.24) is 0 Å². The average Bonchev–Trinajstić information content (AvgIpc) is 2.64. The Morgan fingerprint density at radius 1 is 0.556 bits per heavy atom. The minimum atomic E-state index is -4.72. The largest absolute Gasteiger partial charge is 1.00 e. The first-order valence-corrected chi connectivity index (χ1v) is 14.3. The van der Waals surface area contributed by atoms with Gasteiger partial charge in [0.1, 0.15) is 20.2 Å². The average molecular weight is 569 g/mol. The molecule has 12 heteroatoms. The van der Waals surface area contributed by atoms with E-state index in [1.54, 1.807) is 26.0 Å². The van der Waals surface area contributed by atoms with E-state index in [9.17, 15) is 25.9 Å². The van der Waals surface area contributed by atoms with E-state index < -0.39 is 28.2 Å². The van der Waals surface area contributed by atoms with Crippen molar-refractivity contribution in [3.05, 3.63) is 75.8 Å². The van der Waals surface area contributed by atoms with Crippen molar-refractivity contribution in [2.24, 2.45) is 0 Å². The third-order valence-electron chi connectivity index (χ3n) is 5.60. The maximum Gasteiger partial charge on any atom is 1.00 e. The van der Waals surface area contributed by atoms with Crippen molar-refractivity contribution in [3.63, 3.8) is 0 Å². The van der Waals surface area contributed by atoms with Gasteiger partial charge in [-0.1, -0.05) is 35.9 Å². The molecule has 0 aliphatic heterocycles. The fourth-order valence-electron chi connectivity index (χ4n) is 4.11. The summed E-state index contributed by atoms with van der Waals surface area (Å²) < 4.78 is 71.7. The molecule has 184 valence electrons. The van der Waals surface area contributed by atoms with Crippen molar-refractivity contribution >= 4 is 44.1 Å². The molecule has 0 radical (unpaired) electrons. The molecule has 0 spiro atoms. The van der Waals surface area contributed by atoms with Crippen molar-refractivity contribution in [1.29, 1.82) is 0 Å². The van der Waals surface area contributed by atoms with Crippen LogP contribution in [0.4, 0.5) is 0 Å². The summed E-state index contributed by atoms with van der Waals surface area (Å²) in [5.74, 6) is 0. The summed E-state index contributed by atoms with van der Waals surface area (Å²) in [7, 11) is -10.9. The molecular formula is C24H27Na2O7PS2. The maximum absolute atomic E-state index is 12.0. The Balaban J connectivity index is 0.00000408. The molecule has 0 unspecified atom stereocenters. The Morgan fingerprint density at radius 2 is 0.917 bits per heavy atom. The van der Waals surface area contributed by atoms with Crippen LogP contribution >= 0.6 is 7.92 Å². The minimum absolute atomic E-state index is 0. The van der Waals surface area contributed by atoms with E-state index in [1.807, 2.05) is 45.9 Å². The van der Waals surface area contributed by atoms with Gasteiger partial charge in [0.2, 0.25) is 0 Å². The second-order valence-electron chi connectivity index (χ2n) is 8.34. The molecule has 36 heavy (non-hydrogen) atoms. The third-order valence-corrected chi connectivity index (χ3v) is 10.5. The number of benzene rings is 3. The maximum atomic E-state index is 12.0. The summed E-state index contributed by atoms with van der Waals surface area (Å²) in [5.41, 5.74) is 4.24. The minimum Gasteiger partial charge on any atom is -0.744 e. The predicted octanol–water partition coefficient (Wildman–Crippen LogP) is -3.71. The Morgan fingerprint density at radius 3 is 1.25 bits per heavy atom. The van der Waals surface area contributed by atoms with Crippen LogP contribution in [-0.4, -0.2) is 31.4 Å². The number of rotatable bonds is 5. The smallest absolute Gasteiger partial charge is 0.744 e. The fraction of sp³-hybridized carbons (Fsp3) is 0.250. The molecule has 2 N–H and O–H groups in total. The van der Waals surface area contributed by atoms with Crippen LogP contribution in [0, 0.1) is 41.5 Å². The van der Waals surface area contributed by atoms with Crippen molar-refractivity contribution in [2.75, 3.05) is 0 Å². The van der Waals surface area contributed by atoms with Gasteiger partial charge < -0.3 is 14.6 Å². The molecular weight excluding hydrogens is 541 g/mol. The van der Waals surface area contributed by atoms with E-state index in [4.69, 9.17) is 0 Å². The molecule has 3 aromatic carbocycles. The van der Waals surface area contributed by atoms with Gasteiger partial charge in [-0.3, -0.25) is 0 Å². The van der Waals surface area contributed by atoms with Crippen LogP contribution in [-0.2, 0) is 20.2 Å². The van der Waals surface area contributed by atoms with Crippen LogP contribution in [0.25, 0.3) is 0 Å². The summed E-state index contributed by atoms with van der Waals surface area (Å²) in [6, 6.07) is 12.0. The molecule has 0 bridgehead atoms. The van der Waals surface area contributed by atoms with Gasteiger partial charge in [-0.2, -0.15) is 0 Å². The number of hydrogen-bond donors (Lipinski definition) is 0. The summed E-state index contributed by atoms with van der Waals surface area (Å²) in [4.78, 5) is -0.608. The van der Waals surface area contributed by atoms with Crippen LogP contribution in [0.3, 0.4) is 0 Å². The van der Waals surface area contributed by atoms with Crippen molar-refractivity contribution in [3.8, 4) is 0 Å². The molecule has 3 rings (SSSR count). The van der Waals surface area contributed by atoms with Gasteiger partial charge in [-0.15, -0.1) is 0 Å². The van der Waals surface area contributed by atoms with E-state index in [1.165, 1.54) is 12.1 Å². The van der Waals surface area contributed by atoms with Gasteiger partial charge in [-0.25, -0.2) is 16.8 Å². The van der Waals surface area contributed by atoms with Gasteiger partial charge in [0.05, 0.1) is 9.79 Å². The zero-order valence-corrected chi connectivity index (χ0v) is 28.3. The predicted molar refractivity (Wildman–Crippen MR) is 133 cm³/mol. The first-order chi connectivity index (χ1) is 15.1. The molecule has 3 aromatic rings. The quantitative estimate of drug-likeness (QED) is 0.176. The van der Waals surface area contributed by atoms with Crippen LogP contribution in [0.15, 0.2) is 52.3 Å². The number of hydrogen-bond acceptors (Lipinski definition) is 6. The van der Waals surface area contributed by atoms with Gasteiger partial charge in [0, 0.05) is 0 Å². The van der Waals surface area contributed by atoms with Crippen LogP contribution in [0.5, 0.6) is 0 Å². The Hall–Kier alpha value is -0.130. The van der Waals surface area contributed by atoms with E-state index in [-0.39, 0.29) is 74.4 Å². The molecule has 0 aromatic heterocycles. The molecule has 0 saturated carbocycles. The second kappa shape index (κ2) is 13.3. The Bertz CT molecular complexity index is 1400. The molecule has 0 heterocycles. The van der Waals surface area contributed by atoms with Gasteiger partial charge in [0.25, 0.3) is 0 Å².